The van der Waals surface area contributed by atoms with Crippen LogP contribution in [0.3, 0.4) is 0 Å². The summed E-state index contributed by atoms with van der Waals surface area (Å²) in [6, 6.07) is 4.35. The lowest BCUT2D eigenvalue weighted by Crippen LogP contribution is -1.99. The molecule has 0 spiro atoms. The molecule has 0 aliphatic carbocycles. The van der Waals surface area contributed by atoms with E-state index in [1.54, 1.807) is 4.68 Å². The summed E-state index contributed by atoms with van der Waals surface area (Å²) < 4.78 is 1.70. The molecule has 0 atom stereocenters. The quantitative estimate of drug-likeness (QED) is 0.794. The normalized spacial score (nSPS) is 10.8. The van der Waals surface area contributed by atoms with E-state index in [1.165, 1.54) is 22.3 Å². The standard InChI is InChI=1S/C13H17N3/c1-8-5-9(2)10(3)11(6-8)12-7-15-16(4)13(12)14/h5-7H,14H2,1-4H3. The Balaban J connectivity index is 2.69. The molecule has 1 aromatic carbocycles. The molecule has 84 valence electrons. The van der Waals surface area contributed by atoms with Gasteiger partial charge in [0.1, 0.15) is 5.82 Å². The smallest absolute Gasteiger partial charge is 0.129 e. The molecule has 0 aliphatic heterocycles. The number of nitrogens with zero attached hydrogens (tertiary/aromatic N) is 2. The maximum Gasteiger partial charge on any atom is 0.129 e. The third kappa shape index (κ3) is 1.58. The minimum absolute atomic E-state index is 0.716. The SMILES string of the molecule is Cc1cc(C)c(C)c(-c2cnn(C)c2N)c1. The number of benzene rings is 1. The molecule has 1 aromatic heterocycles. The summed E-state index contributed by atoms with van der Waals surface area (Å²) in [6.07, 6.45) is 1.83. The van der Waals surface area contributed by atoms with Crippen LogP contribution in [0.25, 0.3) is 11.1 Å². The van der Waals surface area contributed by atoms with E-state index in [-0.39, 0.29) is 0 Å². The van der Waals surface area contributed by atoms with Gasteiger partial charge in [-0.25, -0.2) is 0 Å². The van der Waals surface area contributed by atoms with Crippen molar-refractivity contribution >= 4 is 5.82 Å². The Morgan fingerprint density at radius 1 is 1.12 bits per heavy atom. The Hall–Kier alpha value is -1.77. The van der Waals surface area contributed by atoms with Crippen LogP contribution < -0.4 is 5.73 Å². The van der Waals surface area contributed by atoms with Crippen LogP contribution in [0.1, 0.15) is 16.7 Å². The first-order valence-electron chi connectivity index (χ1n) is 5.36. The van der Waals surface area contributed by atoms with Gasteiger partial charge in [0.05, 0.1) is 6.20 Å². The Morgan fingerprint density at radius 3 is 2.38 bits per heavy atom. The number of nitrogen functional groups attached to an aromatic ring is 1. The molecule has 0 aliphatic rings. The molecular weight excluding hydrogens is 198 g/mol. The van der Waals surface area contributed by atoms with E-state index in [0.717, 1.165) is 5.56 Å². The number of anilines is 1. The van der Waals surface area contributed by atoms with Gasteiger partial charge in [-0.15, -0.1) is 0 Å². The molecule has 1 heterocycles. The molecule has 2 N–H and O–H groups in total. The number of rotatable bonds is 1. The number of aromatic nitrogens is 2. The first-order valence-corrected chi connectivity index (χ1v) is 5.36. The van der Waals surface area contributed by atoms with Crippen molar-refractivity contribution in [2.24, 2.45) is 7.05 Å². The molecule has 3 nitrogen and oxygen atoms in total. The van der Waals surface area contributed by atoms with Gasteiger partial charge in [0.15, 0.2) is 0 Å². The lowest BCUT2D eigenvalue weighted by Gasteiger charge is -2.10. The van der Waals surface area contributed by atoms with Crippen molar-refractivity contribution in [3.8, 4) is 11.1 Å². The zero-order valence-corrected chi connectivity index (χ0v) is 10.2. The highest BCUT2D eigenvalue weighted by atomic mass is 15.3. The molecular formula is C13H17N3. The van der Waals surface area contributed by atoms with Crippen LogP contribution in [0.2, 0.25) is 0 Å². The van der Waals surface area contributed by atoms with Gasteiger partial charge in [-0.2, -0.15) is 5.10 Å². The van der Waals surface area contributed by atoms with Gasteiger partial charge in [-0.1, -0.05) is 17.7 Å². The number of hydrogen-bond acceptors (Lipinski definition) is 2. The minimum Gasteiger partial charge on any atom is -0.383 e. The molecule has 16 heavy (non-hydrogen) atoms. The molecule has 0 unspecified atom stereocenters. The van der Waals surface area contributed by atoms with Crippen LogP contribution in [0.4, 0.5) is 5.82 Å². The lowest BCUT2D eigenvalue weighted by molar-refractivity contribution is 0.779. The number of hydrogen-bond donors (Lipinski definition) is 1. The predicted molar refractivity (Wildman–Crippen MR) is 67.3 cm³/mol. The summed E-state index contributed by atoms with van der Waals surface area (Å²) in [7, 11) is 1.86. The molecule has 0 saturated heterocycles. The van der Waals surface area contributed by atoms with Crippen LogP contribution >= 0.6 is 0 Å². The minimum atomic E-state index is 0.716. The molecule has 2 aromatic rings. The van der Waals surface area contributed by atoms with Crippen LogP contribution in [0.15, 0.2) is 18.3 Å². The Morgan fingerprint density at radius 2 is 1.81 bits per heavy atom. The zero-order valence-electron chi connectivity index (χ0n) is 10.2. The van der Waals surface area contributed by atoms with Crippen molar-refractivity contribution < 1.29 is 0 Å². The van der Waals surface area contributed by atoms with E-state index in [1.807, 2.05) is 13.2 Å². The third-order valence-electron chi connectivity index (χ3n) is 3.09. The summed E-state index contributed by atoms with van der Waals surface area (Å²) in [5.41, 5.74) is 12.0. The second kappa shape index (κ2) is 3.67. The monoisotopic (exact) mass is 215 g/mol. The van der Waals surface area contributed by atoms with E-state index < -0.39 is 0 Å². The topological polar surface area (TPSA) is 43.8 Å². The summed E-state index contributed by atoms with van der Waals surface area (Å²) in [5, 5.41) is 4.18. The lowest BCUT2D eigenvalue weighted by atomic mass is 9.96. The van der Waals surface area contributed by atoms with Gasteiger partial charge in [0.25, 0.3) is 0 Å². The van der Waals surface area contributed by atoms with Crippen molar-refractivity contribution in [3.05, 3.63) is 35.0 Å². The summed E-state index contributed by atoms with van der Waals surface area (Å²) >= 11 is 0. The highest BCUT2D eigenvalue weighted by molar-refractivity contribution is 5.77. The summed E-state index contributed by atoms with van der Waals surface area (Å²) in [5.74, 6) is 0.716. The van der Waals surface area contributed by atoms with E-state index in [9.17, 15) is 0 Å². The van der Waals surface area contributed by atoms with Crippen molar-refractivity contribution in [2.75, 3.05) is 5.73 Å². The molecule has 3 heteroatoms. The Kier molecular flexibility index (Phi) is 2.46. The van der Waals surface area contributed by atoms with Gasteiger partial charge >= 0.3 is 0 Å². The molecule has 0 amide bonds. The molecule has 2 rings (SSSR count). The summed E-state index contributed by atoms with van der Waals surface area (Å²) in [6.45, 7) is 6.34. The largest absolute Gasteiger partial charge is 0.383 e. The van der Waals surface area contributed by atoms with Crippen molar-refractivity contribution in [2.45, 2.75) is 20.8 Å². The van der Waals surface area contributed by atoms with Crippen LogP contribution in [-0.2, 0) is 7.05 Å². The van der Waals surface area contributed by atoms with E-state index in [2.05, 4.69) is 38.0 Å². The summed E-state index contributed by atoms with van der Waals surface area (Å²) in [4.78, 5) is 0. The third-order valence-corrected chi connectivity index (χ3v) is 3.09. The average Bonchev–Trinajstić information content (AvgIpc) is 2.54. The van der Waals surface area contributed by atoms with Crippen molar-refractivity contribution in [1.29, 1.82) is 0 Å². The highest BCUT2D eigenvalue weighted by Gasteiger charge is 2.11. The Labute approximate surface area is 95.9 Å². The van der Waals surface area contributed by atoms with Gasteiger partial charge in [0.2, 0.25) is 0 Å². The molecule has 0 radical (unpaired) electrons. The molecule has 0 fully saturated rings. The van der Waals surface area contributed by atoms with E-state index >= 15 is 0 Å². The highest BCUT2D eigenvalue weighted by Crippen LogP contribution is 2.30. The van der Waals surface area contributed by atoms with E-state index in [0.29, 0.717) is 5.82 Å². The van der Waals surface area contributed by atoms with Crippen molar-refractivity contribution in [3.63, 3.8) is 0 Å². The first kappa shape index (κ1) is 10.7. The molecule has 0 bridgehead atoms. The number of aryl methyl sites for hydroxylation is 3. The predicted octanol–water partition coefficient (Wildman–Crippen LogP) is 2.59. The van der Waals surface area contributed by atoms with Crippen LogP contribution in [-0.4, -0.2) is 9.78 Å². The maximum absolute atomic E-state index is 6.00. The molecule has 0 saturated carbocycles. The average molecular weight is 215 g/mol. The fourth-order valence-corrected chi connectivity index (χ4v) is 1.97. The first-order chi connectivity index (χ1) is 7.50. The van der Waals surface area contributed by atoms with Gasteiger partial charge < -0.3 is 5.73 Å². The fourth-order valence-electron chi connectivity index (χ4n) is 1.97. The van der Waals surface area contributed by atoms with Gasteiger partial charge in [-0.3, -0.25) is 4.68 Å². The van der Waals surface area contributed by atoms with Crippen LogP contribution in [0, 0.1) is 20.8 Å². The number of nitrogens with two attached hydrogens (primary N) is 1. The fraction of sp³-hybridized carbons (Fsp3) is 0.308. The maximum atomic E-state index is 6.00. The zero-order chi connectivity index (χ0) is 11.9. The van der Waals surface area contributed by atoms with E-state index in [4.69, 9.17) is 5.73 Å². The second-order valence-corrected chi connectivity index (χ2v) is 4.32. The van der Waals surface area contributed by atoms with Gasteiger partial charge in [0, 0.05) is 12.6 Å². The van der Waals surface area contributed by atoms with Crippen LogP contribution in [0.5, 0.6) is 0 Å². The van der Waals surface area contributed by atoms with Crippen molar-refractivity contribution in [1.82, 2.24) is 9.78 Å². The van der Waals surface area contributed by atoms with Gasteiger partial charge in [-0.05, 0) is 37.5 Å². The Bertz CT molecular complexity index is 538. The second-order valence-electron chi connectivity index (χ2n) is 4.32.